The van der Waals surface area contributed by atoms with Crippen molar-refractivity contribution in [1.82, 2.24) is 9.78 Å². The summed E-state index contributed by atoms with van der Waals surface area (Å²) in [6, 6.07) is 1.80. The fourth-order valence-electron chi connectivity index (χ4n) is 2.61. The largest absolute Gasteiger partial charge is 0.481 e. The molecule has 1 aromatic rings. The van der Waals surface area contributed by atoms with Gasteiger partial charge in [0, 0.05) is 19.0 Å². The Bertz CT molecular complexity index is 495. The Morgan fingerprint density at radius 3 is 2.68 bits per heavy atom. The molecule has 2 rings (SSSR count). The van der Waals surface area contributed by atoms with E-state index in [1.807, 2.05) is 6.92 Å². The van der Waals surface area contributed by atoms with Gasteiger partial charge in [0.25, 0.3) is 0 Å². The van der Waals surface area contributed by atoms with Gasteiger partial charge < -0.3 is 10.4 Å². The molecule has 1 saturated carbocycles. The lowest BCUT2D eigenvalue weighted by molar-refractivity contribution is -0.143. The topological polar surface area (TPSA) is 84.2 Å². The van der Waals surface area contributed by atoms with E-state index in [0.717, 1.165) is 18.5 Å². The number of carbonyl (C=O) groups excluding carboxylic acids is 1. The molecule has 1 aliphatic carbocycles. The van der Waals surface area contributed by atoms with Gasteiger partial charge in [0.2, 0.25) is 5.91 Å². The lowest BCUT2D eigenvalue weighted by atomic mass is 9.81. The number of hydrogen-bond donors (Lipinski definition) is 2. The van der Waals surface area contributed by atoms with Crippen molar-refractivity contribution in [3.05, 3.63) is 11.8 Å². The molecule has 2 N–H and O–H groups in total. The van der Waals surface area contributed by atoms with Crippen LogP contribution in [0.5, 0.6) is 0 Å². The summed E-state index contributed by atoms with van der Waals surface area (Å²) >= 11 is 0. The van der Waals surface area contributed by atoms with Crippen molar-refractivity contribution in [3.8, 4) is 0 Å². The van der Waals surface area contributed by atoms with Gasteiger partial charge in [-0.15, -0.1) is 0 Å². The minimum absolute atomic E-state index is 0.103. The lowest BCUT2D eigenvalue weighted by Gasteiger charge is -2.25. The average molecular weight is 265 g/mol. The highest BCUT2D eigenvalue weighted by Crippen LogP contribution is 2.30. The van der Waals surface area contributed by atoms with Crippen LogP contribution in [0.3, 0.4) is 0 Å². The van der Waals surface area contributed by atoms with E-state index in [4.69, 9.17) is 5.11 Å². The third kappa shape index (κ3) is 3.13. The maximum atomic E-state index is 12.2. The zero-order valence-corrected chi connectivity index (χ0v) is 11.2. The van der Waals surface area contributed by atoms with Crippen LogP contribution < -0.4 is 5.32 Å². The maximum Gasteiger partial charge on any atom is 0.306 e. The lowest BCUT2D eigenvalue weighted by Crippen LogP contribution is -2.31. The Morgan fingerprint density at radius 2 is 2.11 bits per heavy atom. The first kappa shape index (κ1) is 13.6. The van der Waals surface area contributed by atoms with E-state index in [0.29, 0.717) is 18.7 Å². The Morgan fingerprint density at radius 1 is 1.42 bits per heavy atom. The zero-order chi connectivity index (χ0) is 14.0. The van der Waals surface area contributed by atoms with Crippen LogP contribution in [-0.2, 0) is 16.6 Å². The molecule has 0 spiro atoms. The first-order valence-corrected chi connectivity index (χ1v) is 6.51. The van der Waals surface area contributed by atoms with Crippen LogP contribution in [0.25, 0.3) is 0 Å². The van der Waals surface area contributed by atoms with Crippen LogP contribution in [-0.4, -0.2) is 26.8 Å². The molecule has 6 heteroatoms. The molecule has 19 heavy (non-hydrogen) atoms. The normalized spacial score (nSPS) is 23.1. The van der Waals surface area contributed by atoms with E-state index in [-0.39, 0.29) is 11.8 Å². The van der Waals surface area contributed by atoms with Crippen molar-refractivity contribution < 1.29 is 14.7 Å². The number of carbonyl (C=O) groups is 2. The number of aryl methyl sites for hydroxylation is 2. The molecule has 1 fully saturated rings. The highest BCUT2D eigenvalue weighted by molar-refractivity contribution is 5.92. The summed E-state index contributed by atoms with van der Waals surface area (Å²) in [4.78, 5) is 23.1. The second-order valence-corrected chi connectivity index (χ2v) is 5.18. The highest BCUT2D eigenvalue weighted by Gasteiger charge is 2.31. The predicted octanol–water partition coefficient (Wildman–Crippen LogP) is 1.56. The van der Waals surface area contributed by atoms with Crippen molar-refractivity contribution >= 4 is 17.7 Å². The predicted molar refractivity (Wildman–Crippen MR) is 69.7 cm³/mol. The molecule has 0 aromatic carbocycles. The fraction of sp³-hybridized carbons (Fsp3) is 0.615. The number of carboxylic acids is 1. The van der Waals surface area contributed by atoms with Crippen molar-refractivity contribution in [1.29, 1.82) is 0 Å². The van der Waals surface area contributed by atoms with Crippen LogP contribution in [0, 0.1) is 18.8 Å². The number of anilines is 1. The molecule has 0 radical (unpaired) electrons. The number of hydrogen-bond acceptors (Lipinski definition) is 3. The van der Waals surface area contributed by atoms with E-state index < -0.39 is 11.9 Å². The molecule has 0 saturated heterocycles. The van der Waals surface area contributed by atoms with E-state index in [9.17, 15) is 9.59 Å². The molecule has 1 aliphatic rings. The number of rotatable bonds is 3. The molecule has 2 atom stereocenters. The maximum absolute atomic E-state index is 12.2. The molecule has 0 aliphatic heterocycles. The van der Waals surface area contributed by atoms with Gasteiger partial charge >= 0.3 is 5.97 Å². The SMILES string of the molecule is Cc1cc(NC(=O)[C@@H]2CCC[C@H](C(=O)O)C2)n(C)n1. The zero-order valence-electron chi connectivity index (χ0n) is 11.2. The van der Waals surface area contributed by atoms with E-state index >= 15 is 0 Å². The number of aromatic nitrogens is 2. The summed E-state index contributed by atoms with van der Waals surface area (Å²) in [6.45, 7) is 1.86. The van der Waals surface area contributed by atoms with Gasteiger partial charge in [-0.25, -0.2) is 0 Å². The number of aliphatic carboxylic acids is 1. The smallest absolute Gasteiger partial charge is 0.306 e. The summed E-state index contributed by atoms with van der Waals surface area (Å²) in [5, 5.41) is 16.0. The van der Waals surface area contributed by atoms with E-state index in [2.05, 4.69) is 10.4 Å². The fourth-order valence-corrected chi connectivity index (χ4v) is 2.61. The molecular weight excluding hydrogens is 246 g/mol. The van der Waals surface area contributed by atoms with E-state index in [1.165, 1.54) is 0 Å². The Hall–Kier alpha value is -1.85. The summed E-state index contributed by atoms with van der Waals surface area (Å²) in [6.07, 6.45) is 2.65. The van der Waals surface area contributed by atoms with Gasteiger partial charge in [-0.1, -0.05) is 6.42 Å². The quantitative estimate of drug-likeness (QED) is 0.868. The van der Waals surface area contributed by atoms with Crippen LogP contribution in [0.1, 0.15) is 31.4 Å². The number of carboxylic acid groups (broad SMARTS) is 1. The van der Waals surface area contributed by atoms with Gasteiger partial charge in [0.1, 0.15) is 5.82 Å². The molecule has 1 amide bonds. The molecule has 0 unspecified atom stereocenters. The molecule has 104 valence electrons. The Balaban J connectivity index is 2.00. The first-order valence-electron chi connectivity index (χ1n) is 6.51. The van der Waals surface area contributed by atoms with Crippen molar-refractivity contribution in [3.63, 3.8) is 0 Å². The molecule has 6 nitrogen and oxygen atoms in total. The first-order chi connectivity index (χ1) is 8.97. The highest BCUT2D eigenvalue weighted by atomic mass is 16.4. The summed E-state index contributed by atoms with van der Waals surface area (Å²) in [7, 11) is 1.77. The second kappa shape index (κ2) is 5.42. The van der Waals surface area contributed by atoms with Crippen molar-refractivity contribution in [2.24, 2.45) is 18.9 Å². The second-order valence-electron chi connectivity index (χ2n) is 5.18. The Labute approximate surface area is 111 Å². The van der Waals surface area contributed by atoms with Crippen molar-refractivity contribution in [2.45, 2.75) is 32.6 Å². The monoisotopic (exact) mass is 265 g/mol. The van der Waals surface area contributed by atoms with Gasteiger partial charge in [0.15, 0.2) is 0 Å². The minimum Gasteiger partial charge on any atom is -0.481 e. The van der Waals surface area contributed by atoms with Gasteiger partial charge in [-0.2, -0.15) is 5.10 Å². The van der Waals surface area contributed by atoms with Crippen molar-refractivity contribution in [2.75, 3.05) is 5.32 Å². The summed E-state index contributed by atoms with van der Waals surface area (Å²) < 4.78 is 1.62. The third-order valence-electron chi connectivity index (χ3n) is 3.65. The standard InChI is InChI=1S/C13H19N3O3/c1-8-6-11(16(2)15-8)14-12(17)9-4-3-5-10(7-9)13(18)19/h6,9-10H,3-5,7H2,1-2H3,(H,14,17)(H,18,19)/t9-,10+/m1/s1. The minimum atomic E-state index is -0.797. The van der Waals surface area contributed by atoms with Crippen LogP contribution in [0.4, 0.5) is 5.82 Å². The number of amides is 1. The summed E-state index contributed by atoms with van der Waals surface area (Å²) in [5.41, 5.74) is 0.838. The Kier molecular flexibility index (Phi) is 3.87. The van der Waals surface area contributed by atoms with Gasteiger partial charge in [0.05, 0.1) is 11.6 Å². The van der Waals surface area contributed by atoms with Crippen LogP contribution in [0.2, 0.25) is 0 Å². The van der Waals surface area contributed by atoms with Gasteiger partial charge in [-0.3, -0.25) is 14.3 Å². The number of nitrogens with zero attached hydrogens (tertiary/aromatic N) is 2. The van der Waals surface area contributed by atoms with E-state index in [1.54, 1.807) is 17.8 Å². The molecule has 1 aromatic heterocycles. The van der Waals surface area contributed by atoms with Crippen LogP contribution >= 0.6 is 0 Å². The molecular formula is C13H19N3O3. The number of nitrogens with one attached hydrogen (secondary N) is 1. The molecule has 0 bridgehead atoms. The van der Waals surface area contributed by atoms with Crippen LogP contribution in [0.15, 0.2) is 6.07 Å². The third-order valence-corrected chi connectivity index (χ3v) is 3.65. The average Bonchev–Trinajstić information content (AvgIpc) is 2.68. The summed E-state index contributed by atoms with van der Waals surface area (Å²) in [5.74, 6) is -0.856. The van der Waals surface area contributed by atoms with Gasteiger partial charge in [-0.05, 0) is 26.2 Å². The molecule has 1 heterocycles.